The number of aromatic nitrogens is 1. The van der Waals surface area contributed by atoms with Gasteiger partial charge >= 0.3 is 0 Å². The van der Waals surface area contributed by atoms with Crippen molar-refractivity contribution in [1.82, 2.24) is 4.98 Å². The lowest BCUT2D eigenvalue weighted by Crippen LogP contribution is -2.30. The Labute approximate surface area is 106 Å². The SMILES string of the molecule is CC1CN(c2nc3ccc(N)cc3o2)CCCO1. The van der Waals surface area contributed by atoms with Crippen LogP contribution in [0.5, 0.6) is 0 Å². The number of oxazole rings is 1. The van der Waals surface area contributed by atoms with Gasteiger partial charge in [0.1, 0.15) is 5.52 Å². The van der Waals surface area contributed by atoms with E-state index in [-0.39, 0.29) is 6.10 Å². The molecule has 1 aromatic carbocycles. The van der Waals surface area contributed by atoms with Gasteiger partial charge in [0.05, 0.1) is 6.10 Å². The Balaban J connectivity index is 1.93. The van der Waals surface area contributed by atoms with Crippen LogP contribution in [0.15, 0.2) is 22.6 Å². The van der Waals surface area contributed by atoms with Gasteiger partial charge < -0.3 is 19.8 Å². The average Bonchev–Trinajstić information content (AvgIpc) is 2.63. The summed E-state index contributed by atoms with van der Waals surface area (Å²) in [6, 6.07) is 6.19. The van der Waals surface area contributed by atoms with Crippen LogP contribution in [-0.4, -0.2) is 30.8 Å². The van der Waals surface area contributed by atoms with Crippen molar-refractivity contribution < 1.29 is 9.15 Å². The fraction of sp³-hybridized carbons (Fsp3) is 0.462. The molecule has 0 amide bonds. The molecule has 1 unspecified atom stereocenters. The predicted octanol–water partition coefficient (Wildman–Crippen LogP) is 2.03. The number of benzene rings is 1. The lowest BCUT2D eigenvalue weighted by molar-refractivity contribution is 0.0818. The Morgan fingerprint density at radius 3 is 3.22 bits per heavy atom. The van der Waals surface area contributed by atoms with Crippen molar-refractivity contribution in [2.24, 2.45) is 0 Å². The molecule has 1 aliphatic heterocycles. The second-order valence-corrected chi connectivity index (χ2v) is 4.70. The molecule has 1 fully saturated rings. The number of fused-ring (bicyclic) bond motifs is 1. The van der Waals surface area contributed by atoms with Gasteiger partial charge in [-0.05, 0) is 25.5 Å². The van der Waals surface area contributed by atoms with Gasteiger partial charge in [-0.3, -0.25) is 0 Å². The summed E-state index contributed by atoms with van der Waals surface area (Å²) in [5.74, 6) is 0. The van der Waals surface area contributed by atoms with E-state index in [2.05, 4.69) is 16.8 Å². The summed E-state index contributed by atoms with van der Waals surface area (Å²) < 4.78 is 11.4. The van der Waals surface area contributed by atoms with Crippen molar-refractivity contribution in [3.05, 3.63) is 18.2 Å². The van der Waals surface area contributed by atoms with E-state index in [1.165, 1.54) is 0 Å². The summed E-state index contributed by atoms with van der Waals surface area (Å²) in [5, 5.41) is 0. The minimum Gasteiger partial charge on any atom is -0.423 e. The molecule has 0 aliphatic carbocycles. The zero-order chi connectivity index (χ0) is 12.5. The van der Waals surface area contributed by atoms with Gasteiger partial charge in [0.2, 0.25) is 0 Å². The maximum Gasteiger partial charge on any atom is 0.298 e. The van der Waals surface area contributed by atoms with Crippen LogP contribution in [0, 0.1) is 0 Å². The first kappa shape index (κ1) is 11.3. The van der Waals surface area contributed by atoms with Gasteiger partial charge in [0, 0.05) is 31.5 Å². The summed E-state index contributed by atoms with van der Waals surface area (Å²) in [5.41, 5.74) is 8.01. The van der Waals surface area contributed by atoms with Crippen LogP contribution in [0.1, 0.15) is 13.3 Å². The van der Waals surface area contributed by atoms with Crippen LogP contribution in [0.2, 0.25) is 0 Å². The minimum atomic E-state index is 0.201. The third-order valence-corrected chi connectivity index (χ3v) is 3.12. The molecule has 5 nitrogen and oxygen atoms in total. The van der Waals surface area contributed by atoms with Gasteiger partial charge in [-0.2, -0.15) is 4.98 Å². The van der Waals surface area contributed by atoms with Gasteiger partial charge in [0.15, 0.2) is 5.58 Å². The number of rotatable bonds is 1. The van der Waals surface area contributed by atoms with Gasteiger partial charge in [0.25, 0.3) is 6.01 Å². The van der Waals surface area contributed by atoms with E-state index in [1.54, 1.807) is 0 Å². The molecule has 0 radical (unpaired) electrons. The van der Waals surface area contributed by atoms with Crippen molar-refractivity contribution in [3.8, 4) is 0 Å². The molecular formula is C13H17N3O2. The molecule has 1 saturated heterocycles. The van der Waals surface area contributed by atoms with E-state index in [1.807, 2.05) is 18.2 Å². The number of ether oxygens (including phenoxy) is 1. The highest BCUT2D eigenvalue weighted by atomic mass is 16.5. The van der Waals surface area contributed by atoms with E-state index in [0.717, 1.165) is 37.2 Å². The predicted molar refractivity (Wildman–Crippen MR) is 70.7 cm³/mol. The normalized spacial score (nSPS) is 21.2. The summed E-state index contributed by atoms with van der Waals surface area (Å²) in [6.07, 6.45) is 1.19. The molecule has 1 aliphatic rings. The Hall–Kier alpha value is -1.75. The van der Waals surface area contributed by atoms with Gasteiger partial charge in [-0.25, -0.2) is 0 Å². The quantitative estimate of drug-likeness (QED) is 0.781. The summed E-state index contributed by atoms with van der Waals surface area (Å²) in [6.45, 7) is 4.58. The molecule has 0 spiro atoms. The third kappa shape index (κ3) is 2.13. The third-order valence-electron chi connectivity index (χ3n) is 3.12. The number of hydrogen-bond acceptors (Lipinski definition) is 5. The first-order valence-electron chi connectivity index (χ1n) is 6.25. The summed E-state index contributed by atoms with van der Waals surface area (Å²) in [7, 11) is 0. The van der Waals surface area contributed by atoms with Crippen molar-refractivity contribution in [3.63, 3.8) is 0 Å². The smallest absolute Gasteiger partial charge is 0.298 e. The lowest BCUT2D eigenvalue weighted by Gasteiger charge is -2.19. The molecule has 2 heterocycles. The Morgan fingerprint density at radius 2 is 2.33 bits per heavy atom. The zero-order valence-corrected chi connectivity index (χ0v) is 10.4. The highest BCUT2D eigenvalue weighted by molar-refractivity contribution is 5.78. The molecule has 5 heteroatoms. The highest BCUT2D eigenvalue weighted by Crippen LogP contribution is 2.24. The largest absolute Gasteiger partial charge is 0.423 e. The van der Waals surface area contributed by atoms with Gasteiger partial charge in [-0.15, -0.1) is 0 Å². The number of hydrogen-bond donors (Lipinski definition) is 1. The van der Waals surface area contributed by atoms with E-state index in [9.17, 15) is 0 Å². The number of nitrogen functional groups attached to an aromatic ring is 1. The second kappa shape index (κ2) is 4.49. The van der Waals surface area contributed by atoms with Crippen LogP contribution < -0.4 is 10.6 Å². The van der Waals surface area contributed by atoms with E-state index >= 15 is 0 Å². The second-order valence-electron chi connectivity index (χ2n) is 4.70. The average molecular weight is 247 g/mol. The van der Waals surface area contributed by atoms with Crippen LogP contribution in [0.25, 0.3) is 11.1 Å². The Kier molecular flexibility index (Phi) is 2.83. The van der Waals surface area contributed by atoms with Crippen LogP contribution in [-0.2, 0) is 4.74 Å². The summed E-state index contributed by atoms with van der Waals surface area (Å²) in [4.78, 5) is 6.63. The van der Waals surface area contributed by atoms with E-state index in [4.69, 9.17) is 14.9 Å². The monoisotopic (exact) mass is 247 g/mol. The number of nitrogens with two attached hydrogens (primary N) is 1. The Morgan fingerprint density at radius 1 is 1.44 bits per heavy atom. The molecule has 1 aromatic heterocycles. The fourth-order valence-corrected chi connectivity index (χ4v) is 2.23. The molecule has 0 bridgehead atoms. The maximum atomic E-state index is 5.77. The minimum absolute atomic E-state index is 0.201. The van der Waals surface area contributed by atoms with Gasteiger partial charge in [-0.1, -0.05) is 0 Å². The molecule has 2 N–H and O–H groups in total. The number of nitrogens with zero attached hydrogens (tertiary/aromatic N) is 2. The number of anilines is 2. The topological polar surface area (TPSA) is 64.5 Å². The van der Waals surface area contributed by atoms with Crippen molar-refractivity contribution in [1.29, 1.82) is 0 Å². The van der Waals surface area contributed by atoms with Crippen molar-refractivity contribution >= 4 is 22.8 Å². The van der Waals surface area contributed by atoms with E-state index in [0.29, 0.717) is 11.7 Å². The molecule has 2 aromatic rings. The van der Waals surface area contributed by atoms with Crippen molar-refractivity contribution in [2.45, 2.75) is 19.4 Å². The molecule has 3 rings (SSSR count). The molecule has 1 atom stereocenters. The fourth-order valence-electron chi connectivity index (χ4n) is 2.23. The molecule has 0 saturated carbocycles. The van der Waals surface area contributed by atoms with Crippen LogP contribution >= 0.6 is 0 Å². The summed E-state index contributed by atoms with van der Waals surface area (Å²) >= 11 is 0. The maximum absolute atomic E-state index is 5.77. The highest BCUT2D eigenvalue weighted by Gasteiger charge is 2.19. The Bertz CT molecular complexity index is 552. The first-order valence-corrected chi connectivity index (χ1v) is 6.25. The molecule has 18 heavy (non-hydrogen) atoms. The molecular weight excluding hydrogens is 230 g/mol. The van der Waals surface area contributed by atoms with E-state index < -0.39 is 0 Å². The first-order chi connectivity index (χ1) is 8.72. The molecule has 96 valence electrons. The van der Waals surface area contributed by atoms with Crippen molar-refractivity contribution in [2.75, 3.05) is 30.3 Å². The lowest BCUT2D eigenvalue weighted by atomic mass is 10.3. The standard InChI is InChI=1S/C13H17N3O2/c1-9-8-16(5-2-6-17-9)13-15-11-4-3-10(14)7-12(11)18-13/h3-4,7,9H,2,5-6,8,14H2,1H3. The zero-order valence-electron chi connectivity index (χ0n) is 10.4. The van der Waals surface area contributed by atoms with Crippen LogP contribution in [0.3, 0.4) is 0 Å². The van der Waals surface area contributed by atoms with Crippen LogP contribution in [0.4, 0.5) is 11.7 Å².